The van der Waals surface area contributed by atoms with Crippen molar-refractivity contribution in [3.05, 3.63) is 11.8 Å². The van der Waals surface area contributed by atoms with E-state index in [4.69, 9.17) is 0 Å². The summed E-state index contributed by atoms with van der Waals surface area (Å²) in [5.74, 6) is -1.97. The SMILES string of the molecule is CC(C)C=C1C(=O)NC(=O)C(=O)N1C. The molecule has 5 heteroatoms. The molecule has 1 heterocycles. The molecule has 1 saturated heterocycles. The Bertz CT molecular complexity index is 331. The van der Waals surface area contributed by atoms with Gasteiger partial charge in [0.15, 0.2) is 0 Å². The van der Waals surface area contributed by atoms with Crippen molar-refractivity contribution >= 4 is 17.7 Å². The van der Waals surface area contributed by atoms with E-state index in [0.717, 1.165) is 4.90 Å². The molecule has 3 amide bonds. The molecule has 0 aromatic carbocycles. The normalized spacial score (nSPS) is 20.7. The summed E-state index contributed by atoms with van der Waals surface area (Å²) >= 11 is 0. The average Bonchev–Trinajstić information content (AvgIpc) is 2.09. The number of nitrogens with one attached hydrogen (secondary N) is 1. The minimum atomic E-state index is -0.876. The fourth-order valence-electron chi connectivity index (χ4n) is 1.14. The van der Waals surface area contributed by atoms with E-state index in [1.54, 1.807) is 6.08 Å². The second kappa shape index (κ2) is 3.61. The van der Waals surface area contributed by atoms with E-state index in [1.165, 1.54) is 7.05 Å². The van der Waals surface area contributed by atoms with Gasteiger partial charge < -0.3 is 4.90 Å². The van der Waals surface area contributed by atoms with Gasteiger partial charge in [0.2, 0.25) is 0 Å². The Labute approximate surface area is 81.8 Å². The quantitative estimate of drug-likeness (QED) is 0.354. The van der Waals surface area contributed by atoms with Crippen LogP contribution in [0.15, 0.2) is 11.8 Å². The van der Waals surface area contributed by atoms with Crippen molar-refractivity contribution in [1.82, 2.24) is 10.2 Å². The minimum absolute atomic E-state index is 0.138. The molecule has 0 atom stereocenters. The van der Waals surface area contributed by atoms with Crippen LogP contribution in [0.3, 0.4) is 0 Å². The molecule has 0 aromatic rings. The second-order valence-corrected chi connectivity index (χ2v) is 3.44. The summed E-state index contributed by atoms with van der Waals surface area (Å²) in [4.78, 5) is 34.5. The predicted molar refractivity (Wildman–Crippen MR) is 48.8 cm³/mol. The number of likely N-dealkylation sites (N-methyl/N-ethyl adjacent to an activating group) is 1. The zero-order valence-electron chi connectivity index (χ0n) is 8.33. The third kappa shape index (κ3) is 1.81. The molecule has 1 rings (SSSR count). The molecule has 0 radical (unpaired) electrons. The zero-order chi connectivity index (χ0) is 10.9. The Morgan fingerprint density at radius 3 is 2.29 bits per heavy atom. The molecular weight excluding hydrogens is 184 g/mol. The van der Waals surface area contributed by atoms with Crippen molar-refractivity contribution < 1.29 is 14.4 Å². The van der Waals surface area contributed by atoms with Crippen LogP contribution in [0.5, 0.6) is 0 Å². The second-order valence-electron chi connectivity index (χ2n) is 3.44. The number of rotatable bonds is 1. The van der Waals surface area contributed by atoms with Gasteiger partial charge in [0.25, 0.3) is 5.91 Å². The molecule has 0 aliphatic carbocycles. The topological polar surface area (TPSA) is 66.5 Å². The summed E-state index contributed by atoms with van der Waals surface area (Å²) in [7, 11) is 1.41. The lowest BCUT2D eigenvalue weighted by molar-refractivity contribution is -0.149. The molecule has 14 heavy (non-hydrogen) atoms. The molecular formula is C9H12N2O3. The molecule has 0 unspecified atom stereocenters. The highest BCUT2D eigenvalue weighted by Crippen LogP contribution is 2.10. The third-order valence-electron chi connectivity index (χ3n) is 1.81. The molecule has 0 saturated carbocycles. The fourth-order valence-corrected chi connectivity index (χ4v) is 1.14. The van der Waals surface area contributed by atoms with Gasteiger partial charge in [-0.05, 0) is 5.92 Å². The van der Waals surface area contributed by atoms with E-state index in [1.807, 2.05) is 19.2 Å². The lowest BCUT2D eigenvalue weighted by Gasteiger charge is -2.24. The number of hydrogen-bond acceptors (Lipinski definition) is 3. The van der Waals surface area contributed by atoms with Gasteiger partial charge in [-0.2, -0.15) is 0 Å². The van der Waals surface area contributed by atoms with Crippen LogP contribution < -0.4 is 5.32 Å². The van der Waals surface area contributed by atoms with Crippen molar-refractivity contribution in [2.24, 2.45) is 5.92 Å². The van der Waals surface area contributed by atoms with Crippen LogP contribution in [0.1, 0.15) is 13.8 Å². The number of carbonyl (C=O) groups excluding carboxylic acids is 3. The summed E-state index contributed by atoms with van der Waals surface area (Å²) in [5.41, 5.74) is 0.226. The Hall–Kier alpha value is -1.65. The standard InChI is InChI=1S/C9H12N2O3/c1-5(2)4-6-7(12)10-8(13)9(14)11(6)3/h4-5H,1-3H3,(H,10,12,13). The van der Waals surface area contributed by atoms with Gasteiger partial charge >= 0.3 is 11.8 Å². The smallest absolute Gasteiger partial charge is 0.303 e. The molecule has 5 nitrogen and oxygen atoms in total. The number of imide groups is 1. The number of carbonyl (C=O) groups is 3. The molecule has 0 aromatic heterocycles. The fraction of sp³-hybridized carbons (Fsp3) is 0.444. The Balaban J connectivity index is 3.02. The van der Waals surface area contributed by atoms with E-state index < -0.39 is 17.7 Å². The van der Waals surface area contributed by atoms with Crippen molar-refractivity contribution in [3.8, 4) is 0 Å². The zero-order valence-corrected chi connectivity index (χ0v) is 8.33. The summed E-state index contributed by atoms with van der Waals surface area (Å²) in [6.07, 6.45) is 1.64. The van der Waals surface area contributed by atoms with Crippen molar-refractivity contribution in [2.75, 3.05) is 7.05 Å². The largest absolute Gasteiger partial charge is 0.316 e. The summed E-state index contributed by atoms with van der Waals surface area (Å²) in [5, 5.41) is 1.98. The van der Waals surface area contributed by atoms with Crippen LogP contribution >= 0.6 is 0 Å². The van der Waals surface area contributed by atoms with Crippen LogP contribution in [0.4, 0.5) is 0 Å². The summed E-state index contributed by atoms with van der Waals surface area (Å²) < 4.78 is 0. The van der Waals surface area contributed by atoms with Crippen LogP contribution in [0.2, 0.25) is 0 Å². The Morgan fingerprint density at radius 1 is 1.21 bits per heavy atom. The highest BCUT2D eigenvalue weighted by atomic mass is 16.2. The predicted octanol–water partition coefficient (Wildman–Crippen LogP) is -0.359. The first kappa shape index (κ1) is 10.4. The highest BCUT2D eigenvalue weighted by Gasteiger charge is 2.32. The first-order valence-electron chi connectivity index (χ1n) is 4.28. The lowest BCUT2D eigenvalue weighted by atomic mass is 10.1. The maximum absolute atomic E-state index is 11.3. The van der Waals surface area contributed by atoms with Gasteiger partial charge in [0.05, 0.1) is 0 Å². The van der Waals surface area contributed by atoms with Crippen molar-refractivity contribution in [1.29, 1.82) is 0 Å². The Kier molecular flexibility index (Phi) is 2.69. The lowest BCUT2D eigenvalue weighted by Crippen LogP contribution is -2.52. The number of amides is 3. The highest BCUT2D eigenvalue weighted by molar-refractivity contribution is 6.41. The van der Waals surface area contributed by atoms with Gasteiger partial charge in [-0.25, -0.2) is 0 Å². The number of nitrogens with zero attached hydrogens (tertiary/aromatic N) is 1. The van der Waals surface area contributed by atoms with E-state index >= 15 is 0 Å². The maximum Gasteiger partial charge on any atom is 0.316 e. The molecule has 1 N–H and O–H groups in total. The van der Waals surface area contributed by atoms with Crippen LogP contribution in [0.25, 0.3) is 0 Å². The van der Waals surface area contributed by atoms with E-state index in [-0.39, 0.29) is 11.6 Å². The first-order chi connectivity index (χ1) is 6.43. The number of allylic oxidation sites excluding steroid dienone is 1. The Morgan fingerprint density at radius 2 is 1.79 bits per heavy atom. The number of hydrogen-bond donors (Lipinski definition) is 1. The van der Waals surface area contributed by atoms with E-state index in [9.17, 15) is 14.4 Å². The van der Waals surface area contributed by atoms with Gasteiger partial charge in [0, 0.05) is 7.05 Å². The number of piperazine rings is 1. The molecule has 0 spiro atoms. The van der Waals surface area contributed by atoms with Gasteiger partial charge in [0.1, 0.15) is 5.70 Å². The molecule has 76 valence electrons. The average molecular weight is 196 g/mol. The van der Waals surface area contributed by atoms with Gasteiger partial charge in [-0.15, -0.1) is 0 Å². The van der Waals surface area contributed by atoms with E-state index in [2.05, 4.69) is 0 Å². The molecule has 1 fully saturated rings. The summed E-state index contributed by atoms with van der Waals surface area (Å²) in [6.45, 7) is 3.77. The maximum atomic E-state index is 11.3. The van der Waals surface area contributed by atoms with Gasteiger partial charge in [-0.3, -0.25) is 19.7 Å². The monoisotopic (exact) mass is 196 g/mol. The molecule has 1 aliphatic heterocycles. The van der Waals surface area contributed by atoms with Crippen LogP contribution in [0, 0.1) is 5.92 Å². The minimum Gasteiger partial charge on any atom is -0.303 e. The van der Waals surface area contributed by atoms with Crippen molar-refractivity contribution in [3.63, 3.8) is 0 Å². The third-order valence-corrected chi connectivity index (χ3v) is 1.81. The first-order valence-corrected chi connectivity index (χ1v) is 4.28. The van der Waals surface area contributed by atoms with Gasteiger partial charge in [-0.1, -0.05) is 19.9 Å². The molecule has 1 aliphatic rings. The van der Waals surface area contributed by atoms with E-state index in [0.29, 0.717) is 0 Å². The summed E-state index contributed by atoms with van der Waals surface area (Å²) in [6, 6.07) is 0. The van der Waals surface area contributed by atoms with Crippen LogP contribution in [-0.2, 0) is 14.4 Å². The van der Waals surface area contributed by atoms with Crippen molar-refractivity contribution in [2.45, 2.75) is 13.8 Å². The van der Waals surface area contributed by atoms with Crippen LogP contribution in [-0.4, -0.2) is 29.7 Å². The molecule has 0 bridgehead atoms.